The minimum Gasteiger partial charge on any atom is -0.493 e. The van der Waals surface area contributed by atoms with E-state index in [1.807, 2.05) is 66.7 Å². The van der Waals surface area contributed by atoms with Gasteiger partial charge in [0, 0.05) is 24.0 Å². The van der Waals surface area contributed by atoms with Crippen LogP contribution in [0.2, 0.25) is 0 Å². The Kier molecular flexibility index (Phi) is 6.58. The van der Waals surface area contributed by atoms with Crippen molar-refractivity contribution in [2.45, 2.75) is 12.8 Å². The van der Waals surface area contributed by atoms with E-state index in [4.69, 9.17) is 14.2 Å². The third kappa shape index (κ3) is 4.49. The van der Waals surface area contributed by atoms with Crippen LogP contribution in [0.1, 0.15) is 12.0 Å². The van der Waals surface area contributed by atoms with Crippen LogP contribution < -0.4 is 24.4 Å². The van der Waals surface area contributed by atoms with E-state index in [1.165, 1.54) is 7.11 Å². The molecular weight excluding hydrogens is 456 g/mol. The first kappa shape index (κ1) is 23.4. The normalized spacial score (nSPS) is 15.1. The molecule has 3 aromatic carbocycles. The number of rotatable bonds is 6. The maximum Gasteiger partial charge on any atom is 0.258 e. The highest BCUT2D eigenvalue weighted by atomic mass is 16.5. The number of benzene rings is 3. The number of amides is 1. The van der Waals surface area contributed by atoms with Gasteiger partial charge in [-0.2, -0.15) is 0 Å². The number of methoxy groups -OCH3 is 3. The first-order chi connectivity index (χ1) is 17.6. The van der Waals surface area contributed by atoms with Crippen molar-refractivity contribution in [3.05, 3.63) is 72.3 Å². The number of fused-ring (bicyclic) bond motifs is 2. The Labute approximate surface area is 209 Å². The van der Waals surface area contributed by atoms with Crippen molar-refractivity contribution in [3.8, 4) is 17.4 Å². The predicted octanol–water partition coefficient (Wildman–Crippen LogP) is 4.99. The Morgan fingerprint density at radius 3 is 2.25 bits per heavy atom. The first-order valence-corrected chi connectivity index (χ1v) is 11.8. The minimum atomic E-state index is -0.312. The monoisotopic (exact) mass is 484 g/mol. The average Bonchev–Trinajstić information content (AvgIpc) is 3.11. The molecule has 8 nitrogen and oxygen atoms in total. The SMILES string of the molecule is COc1cc2c(cc1OC)N(c1ccccc1)C[C@H](C(=O)Nc1nc3ccccc3nc1OC)CC2. The molecule has 0 radical (unpaired) electrons. The summed E-state index contributed by atoms with van der Waals surface area (Å²) < 4.78 is 16.6. The summed E-state index contributed by atoms with van der Waals surface area (Å²) in [6.45, 7) is 0.488. The zero-order valence-electron chi connectivity index (χ0n) is 20.5. The number of hydrogen-bond acceptors (Lipinski definition) is 7. The Bertz CT molecular complexity index is 1390. The number of hydrogen-bond donors (Lipinski definition) is 1. The molecule has 0 bridgehead atoms. The molecule has 0 saturated heterocycles. The van der Waals surface area contributed by atoms with Crippen LogP contribution >= 0.6 is 0 Å². The zero-order chi connectivity index (χ0) is 25.1. The highest BCUT2D eigenvalue weighted by Crippen LogP contribution is 2.41. The Morgan fingerprint density at radius 2 is 1.56 bits per heavy atom. The number of carbonyl (C=O) groups is 1. The standard InChI is InChI=1S/C28H28N4O4/c1-34-24-15-18-13-14-19(17-32(20-9-5-4-6-10-20)23(18)16-25(24)35-2)27(33)31-26-28(36-3)30-22-12-8-7-11-21(22)29-26/h4-12,15-16,19H,13-14,17H2,1-3H3,(H,29,31,33)/t19-/m1/s1. The second-order valence-electron chi connectivity index (χ2n) is 8.58. The van der Waals surface area contributed by atoms with Crippen molar-refractivity contribution in [3.63, 3.8) is 0 Å². The molecule has 0 unspecified atom stereocenters. The van der Waals surface area contributed by atoms with Gasteiger partial charge in [-0.1, -0.05) is 30.3 Å². The van der Waals surface area contributed by atoms with Crippen LogP contribution in [0.25, 0.3) is 11.0 Å². The first-order valence-electron chi connectivity index (χ1n) is 11.8. The molecule has 4 aromatic rings. The van der Waals surface area contributed by atoms with Crippen LogP contribution in [-0.4, -0.2) is 43.7 Å². The fourth-order valence-electron chi connectivity index (χ4n) is 4.59. The van der Waals surface area contributed by atoms with E-state index < -0.39 is 0 Å². The van der Waals surface area contributed by atoms with Crippen LogP contribution in [0, 0.1) is 5.92 Å². The number of nitrogens with zero attached hydrogens (tertiary/aromatic N) is 3. The molecule has 0 aliphatic carbocycles. The molecule has 1 atom stereocenters. The summed E-state index contributed by atoms with van der Waals surface area (Å²) in [4.78, 5) is 24.9. The summed E-state index contributed by atoms with van der Waals surface area (Å²) in [5, 5.41) is 2.98. The van der Waals surface area contributed by atoms with Crippen LogP contribution in [0.4, 0.5) is 17.2 Å². The molecule has 0 saturated carbocycles. The zero-order valence-corrected chi connectivity index (χ0v) is 20.5. The third-order valence-electron chi connectivity index (χ3n) is 6.45. The molecular formula is C28H28N4O4. The molecule has 1 N–H and O–H groups in total. The molecule has 184 valence electrons. The lowest BCUT2D eigenvalue weighted by molar-refractivity contribution is -0.119. The lowest BCUT2D eigenvalue weighted by Crippen LogP contribution is -2.33. The van der Waals surface area contributed by atoms with Crippen LogP contribution in [0.3, 0.4) is 0 Å². The van der Waals surface area contributed by atoms with Crippen molar-refractivity contribution in [1.82, 2.24) is 9.97 Å². The van der Waals surface area contributed by atoms with Crippen LogP contribution in [0.15, 0.2) is 66.7 Å². The lowest BCUT2D eigenvalue weighted by atomic mass is 10.00. The van der Waals surface area contributed by atoms with E-state index in [0.717, 1.165) is 16.9 Å². The van der Waals surface area contributed by atoms with Gasteiger partial charge in [0.15, 0.2) is 17.3 Å². The van der Waals surface area contributed by atoms with E-state index in [-0.39, 0.29) is 17.7 Å². The van der Waals surface area contributed by atoms with Crippen molar-refractivity contribution in [2.24, 2.45) is 5.92 Å². The molecule has 2 heterocycles. The number of ether oxygens (including phenoxy) is 3. The highest BCUT2D eigenvalue weighted by Gasteiger charge is 2.30. The fourth-order valence-corrected chi connectivity index (χ4v) is 4.59. The van der Waals surface area contributed by atoms with Gasteiger partial charge in [0.1, 0.15) is 0 Å². The maximum atomic E-state index is 13.6. The minimum absolute atomic E-state index is 0.134. The smallest absolute Gasteiger partial charge is 0.258 e. The number of nitrogens with one attached hydrogen (secondary N) is 1. The highest BCUT2D eigenvalue weighted by molar-refractivity contribution is 5.94. The molecule has 8 heteroatoms. The summed E-state index contributed by atoms with van der Waals surface area (Å²) in [5.74, 6) is 1.48. The lowest BCUT2D eigenvalue weighted by Gasteiger charge is -2.28. The number of aromatic nitrogens is 2. The van der Waals surface area contributed by atoms with Gasteiger partial charge in [0.05, 0.1) is 38.3 Å². The van der Waals surface area contributed by atoms with Gasteiger partial charge in [-0.3, -0.25) is 4.79 Å². The number of para-hydroxylation sites is 3. The Hall–Kier alpha value is -4.33. The van der Waals surface area contributed by atoms with Gasteiger partial charge >= 0.3 is 0 Å². The van der Waals surface area contributed by atoms with Crippen LogP contribution in [0.5, 0.6) is 17.4 Å². The van der Waals surface area contributed by atoms with Gasteiger partial charge in [-0.25, -0.2) is 9.97 Å². The van der Waals surface area contributed by atoms with E-state index in [0.29, 0.717) is 47.7 Å². The third-order valence-corrected chi connectivity index (χ3v) is 6.45. The van der Waals surface area contributed by atoms with Gasteiger partial charge < -0.3 is 24.4 Å². The summed E-state index contributed by atoms with van der Waals surface area (Å²) >= 11 is 0. The summed E-state index contributed by atoms with van der Waals surface area (Å²) in [6, 6.07) is 21.5. The summed E-state index contributed by atoms with van der Waals surface area (Å²) in [6.07, 6.45) is 1.36. The van der Waals surface area contributed by atoms with E-state index >= 15 is 0 Å². The number of anilines is 3. The van der Waals surface area contributed by atoms with Crippen molar-refractivity contribution in [1.29, 1.82) is 0 Å². The second-order valence-corrected chi connectivity index (χ2v) is 8.58. The maximum absolute atomic E-state index is 13.6. The fraction of sp³-hybridized carbons (Fsp3) is 0.250. The predicted molar refractivity (Wildman–Crippen MR) is 140 cm³/mol. The van der Waals surface area contributed by atoms with Crippen molar-refractivity contribution in [2.75, 3.05) is 38.1 Å². The molecule has 1 aliphatic rings. The van der Waals surface area contributed by atoms with Crippen molar-refractivity contribution >= 4 is 34.1 Å². The molecule has 1 aromatic heterocycles. The molecule has 5 rings (SSSR count). The molecule has 1 amide bonds. The van der Waals surface area contributed by atoms with Gasteiger partial charge in [0.25, 0.3) is 5.88 Å². The second kappa shape index (κ2) is 10.1. The topological polar surface area (TPSA) is 85.8 Å². The van der Waals surface area contributed by atoms with E-state index in [9.17, 15) is 4.79 Å². The van der Waals surface area contributed by atoms with Crippen LogP contribution in [-0.2, 0) is 11.2 Å². The van der Waals surface area contributed by atoms with Gasteiger partial charge in [-0.15, -0.1) is 0 Å². The molecule has 0 spiro atoms. The summed E-state index contributed by atoms with van der Waals surface area (Å²) in [7, 11) is 4.78. The van der Waals surface area contributed by atoms with Gasteiger partial charge in [-0.05, 0) is 48.7 Å². The number of carbonyl (C=O) groups excluding carboxylic acids is 1. The summed E-state index contributed by atoms with van der Waals surface area (Å²) in [5.41, 5.74) is 4.48. The Morgan fingerprint density at radius 1 is 0.889 bits per heavy atom. The van der Waals surface area contributed by atoms with Crippen molar-refractivity contribution < 1.29 is 19.0 Å². The Balaban J connectivity index is 1.49. The molecule has 36 heavy (non-hydrogen) atoms. The average molecular weight is 485 g/mol. The molecule has 1 aliphatic heterocycles. The van der Waals surface area contributed by atoms with Gasteiger partial charge in [0.2, 0.25) is 5.91 Å². The largest absolute Gasteiger partial charge is 0.493 e. The number of aryl methyl sites for hydroxylation is 1. The molecule has 0 fully saturated rings. The van der Waals surface area contributed by atoms with E-state index in [1.54, 1.807) is 14.2 Å². The quantitative estimate of drug-likeness (QED) is 0.412. The van der Waals surface area contributed by atoms with E-state index in [2.05, 4.69) is 20.2 Å².